The van der Waals surface area contributed by atoms with Crippen LogP contribution in [-0.2, 0) is 14.8 Å². The number of piperidine rings is 1. The van der Waals surface area contributed by atoms with E-state index in [1.807, 2.05) is 6.92 Å². The lowest BCUT2D eigenvalue weighted by Crippen LogP contribution is -2.46. The third-order valence-corrected chi connectivity index (χ3v) is 6.77. The van der Waals surface area contributed by atoms with Gasteiger partial charge in [-0.3, -0.25) is 4.79 Å². The van der Waals surface area contributed by atoms with E-state index in [4.69, 9.17) is 5.73 Å². The molecule has 1 aliphatic heterocycles. The third kappa shape index (κ3) is 6.79. The van der Waals surface area contributed by atoms with E-state index < -0.39 is 16.1 Å². The molecule has 28 heavy (non-hydrogen) atoms. The Labute approximate surface area is 166 Å². The minimum atomic E-state index is -3.48. The van der Waals surface area contributed by atoms with Gasteiger partial charge < -0.3 is 16.4 Å². The minimum Gasteiger partial charge on any atom is -0.353 e. The van der Waals surface area contributed by atoms with Crippen LogP contribution in [-0.4, -0.2) is 50.3 Å². The lowest BCUT2D eigenvalue weighted by Gasteiger charge is -2.31. The Balaban J connectivity index is 1.69. The van der Waals surface area contributed by atoms with E-state index >= 15 is 0 Å². The van der Waals surface area contributed by atoms with Crippen LogP contribution in [0.5, 0.6) is 0 Å². The van der Waals surface area contributed by atoms with Crippen LogP contribution >= 0.6 is 0 Å². The fraction of sp³-hybridized carbons (Fsp3) is 0.579. The lowest BCUT2D eigenvalue weighted by atomic mass is 10.1. The van der Waals surface area contributed by atoms with Gasteiger partial charge in [0.05, 0.1) is 4.90 Å². The number of rotatable bonds is 9. The molecule has 1 saturated heterocycles. The third-order valence-electron chi connectivity index (χ3n) is 4.86. The van der Waals surface area contributed by atoms with Gasteiger partial charge in [0.1, 0.15) is 0 Å². The Morgan fingerprint density at radius 3 is 2.36 bits per heavy atom. The van der Waals surface area contributed by atoms with E-state index in [0.29, 0.717) is 43.8 Å². The summed E-state index contributed by atoms with van der Waals surface area (Å²) >= 11 is 0. The van der Waals surface area contributed by atoms with Crippen LogP contribution in [0.2, 0.25) is 0 Å². The van der Waals surface area contributed by atoms with Crippen molar-refractivity contribution in [2.75, 3.05) is 19.6 Å². The molecule has 1 aliphatic rings. The highest BCUT2D eigenvalue weighted by molar-refractivity contribution is 7.89. The first-order chi connectivity index (χ1) is 13.3. The van der Waals surface area contributed by atoms with Gasteiger partial charge in [-0.25, -0.2) is 13.2 Å². The van der Waals surface area contributed by atoms with Crippen LogP contribution in [0.1, 0.15) is 44.1 Å². The molecule has 0 spiro atoms. The van der Waals surface area contributed by atoms with Crippen molar-refractivity contribution >= 4 is 22.0 Å². The molecular formula is C19H30N4O4S. The SMILES string of the molecule is Cc1ccc(S(=O)(=O)N2CCC(NC(=O)CCCCCNC(N)=O)CC2)cc1. The van der Waals surface area contributed by atoms with Crippen LogP contribution < -0.4 is 16.4 Å². The molecule has 1 aromatic carbocycles. The van der Waals surface area contributed by atoms with E-state index in [9.17, 15) is 18.0 Å². The van der Waals surface area contributed by atoms with Crippen LogP contribution in [0, 0.1) is 6.92 Å². The van der Waals surface area contributed by atoms with Gasteiger partial charge in [0.15, 0.2) is 0 Å². The molecule has 3 amide bonds. The Morgan fingerprint density at radius 1 is 1.11 bits per heavy atom. The number of benzene rings is 1. The van der Waals surface area contributed by atoms with Crippen molar-refractivity contribution in [2.24, 2.45) is 5.73 Å². The second kappa shape index (κ2) is 10.4. The summed E-state index contributed by atoms with van der Waals surface area (Å²) in [5.74, 6) is -0.0114. The molecule has 0 atom stereocenters. The maximum atomic E-state index is 12.7. The molecule has 0 saturated carbocycles. The van der Waals surface area contributed by atoms with E-state index in [2.05, 4.69) is 10.6 Å². The largest absolute Gasteiger partial charge is 0.353 e. The molecule has 8 nitrogen and oxygen atoms in total. The number of nitrogens with two attached hydrogens (primary N) is 1. The number of aryl methyl sites for hydroxylation is 1. The summed E-state index contributed by atoms with van der Waals surface area (Å²) in [5.41, 5.74) is 6.00. The normalized spacial score (nSPS) is 15.9. The van der Waals surface area contributed by atoms with Crippen LogP contribution in [0.15, 0.2) is 29.2 Å². The Kier molecular flexibility index (Phi) is 8.25. The second-order valence-corrected chi connectivity index (χ2v) is 9.10. The van der Waals surface area contributed by atoms with Gasteiger partial charge in [-0.05, 0) is 44.7 Å². The van der Waals surface area contributed by atoms with Gasteiger partial charge in [-0.15, -0.1) is 0 Å². The van der Waals surface area contributed by atoms with Crippen LogP contribution in [0.3, 0.4) is 0 Å². The zero-order valence-corrected chi connectivity index (χ0v) is 17.1. The highest BCUT2D eigenvalue weighted by Gasteiger charge is 2.29. The van der Waals surface area contributed by atoms with Crippen molar-refractivity contribution in [2.45, 2.75) is 56.4 Å². The van der Waals surface area contributed by atoms with Gasteiger partial charge in [0.25, 0.3) is 0 Å². The molecule has 0 bridgehead atoms. The quantitative estimate of drug-likeness (QED) is 0.534. The predicted molar refractivity (Wildman–Crippen MR) is 107 cm³/mol. The molecule has 0 unspecified atom stereocenters. The number of amides is 3. The van der Waals surface area contributed by atoms with Crippen molar-refractivity contribution in [1.82, 2.24) is 14.9 Å². The number of sulfonamides is 1. The zero-order valence-electron chi connectivity index (χ0n) is 16.3. The number of carbonyl (C=O) groups is 2. The van der Waals surface area contributed by atoms with E-state index in [0.717, 1.165) is 24.8 Å². The number of hydrogen-bond acceptors (Lipinski definition) is 4. The number of hydrogen-bond donors (Lipinski definition) is 3. The average molecular weight is 411 g/mol. The molecule has 1 fully saturated rings. The molecule has 156 valence electrons. The number of urea groups is 1. The molecule has 1 aromatic rings. The van der Waals surface area contributed by atoms with Crippen molar-refractivity contribution in [3.8, 4) is 0 Å². The summed E-state index contributed by atoms with van der Waals surface area (Å²) in [5, 5.41) is 5.51. The molecule has 0 aliphatic carbocycles. The summed E-state index contributed by atoms with van der Waals surface area (Å²) in [6.07, 6.45) is 4.01. The van der Waals surface area contributed by atoms with Gasteiger partial charge >= 0.3 is 6.03 Å². The standard InChI is InChI=1S/C19H30N4O4S/c1-15-6-8-17(9-7-15)28(26,27)23-13-10-16(11-14-23)22-18(24)5-3-2-4-12-21-19(20)25/h6-9,16H,2-5,10-14H2,1H3,(H,22,24)(H3,20,21,25). The maximum absolute atomic E-state index is 12.7. The summed E-state index contributed by atoms with van der Waals surface area (Å²) in [4.78, 5) is 22.9. The molecule has 2 rings (SSSR count). The monoisotopic (exact) mass is 410 g/mol. The molecule has 4 N–H and O–H groups in total. The molecule has 9 heteroatoms. The number of carbonyl (C=O) groups excluding carboxylic acids is 2. The summed E-state index contributed by atoms with van der Waals surface area (Å²) < 4.78 is 26.9. The molecule has 1 heterocycles. The first-order valence-electron chi connectivity index (χ1n) is 9.68. The lowest BCUT2D eigenvalue weighted by molar-refractivity contribution is -0.122. The van der Waals surface area contributed by atoms with Crippen molar-refractivity contribution in [1.29, 1.82) is 0 Å². The fourth-order valence-electron chi connectivity index (χ4n) is 3.20. The smallest absolute Gasteiger partial charge is 0.312 e. The Morgan fingerprint density at radius 2 is 1.75 bits per heavy atom. The topological polar surface area (TPSA) is 122 Å². The summed E-state index contributed by atoms with van der Waals surface area (Å²) in [7, 11) is -3.48. The van der Waals surface area contributed by atoms with Crippen LogP contribution in [0.25, 0.3) is 0 Å². The first-order valence-corrected chi connectivity index (χ1v) is 11.1. The zero-order chi connectivity index (χ0) is 20.6. The van der Waals surface area contributed by atoms with E-state index in [1.54, 1.807) is 24.3 Å². The summed E-state index contributed by atoms with van der Waals surface area (Å²) in [6, 6.07) is 6.34. The Hall–Kier alpha value is -2.13. The van der Waals surface area contributed by atoms with Gasteiger partial charge in [0.2, 0.25) is 15.9 Å². The Bertz CT molecular complexity index is 757. The number of unbranched alkanes of at least 4 members (excludes halogenated alkanes) is 2. The average Bonchev–Trinajstić information content (AvgIpc) is 2.65. The molecule has 0 radical (unpaired) electrons. The first kappa shape index (κ1) is 22.2. The minimum absolute atomic E-state index is 0.00787. The highest BCUT2D eigenvalue weighted by atomic mass is 32.2. The molecular weight excluding hydrogens is 380 g/mol. The predicted octanol–water partition coefficient (Wildman–Crippen LogP) is 1.49. The fourth-order valence-corrected chi connectivity index (χ4v) is 4.67. The van der Waals surface area contributed by atoms with E-state index in [1.165, 1.54) is 4.31 Å². The highest BCUT2D eigenvalue weighted by Crippen LogP contribution is 2.21. The maximum Gasteiger partial charge on any atom is 0.312 e. The number of nitrogens with one attached hydrogen (secondary N) is 2. The van der Waals surface area contributed by atoms with Gasteiger partial charge in [-0.1, -0.05) is 24.1 Å². The number of nitrogens with zero attached hydrogens (tertiary/aromatic N) is 1. The van der Waals surface area contributed by atoms with Crippen molar-refractivity contribution in [3.05, 3.63) is 29.8 Å². The van der Waals surface area contributed by atoms with E-state index in [-0.39, 0.29) is 11.9 Å². The van der Waals surface area contributed by atoms with Crippen LogP contribution in [0.4, 0.5) is 4.79 Å². The van der Waals surface area contributed by atoms with Crippen molar-refractivity contribution < 1.29 is 18.0 Å². The van der Waals surface area contributed by atoms with Gasteiger partial charge in [0, 0.05) is 32.1 Å². The van der Waals surface area contributed by atoms with Crippen molar-refractivity contribution in [3.63, 3.8) is 0 Å². The second-order valence-electron chi connectivity index (χ2n) is 7.16. The number of primary amides is 1. The molecule has 0 aromatic heterocycles. The summed E-state index contributed by atoms with van der Waals surface area (Å²) in [6.45, 7) is 3.24. The van der Waals surface area contributed by atoms with Gasteiger partial charge in [-0.2, -0.15) is 4.31 Å².